The number of carbonyl (C=O) groups excluding carboxylic acids is 1. The molecule has 0 unspecified atom stereocenters. The van der Waals surface area contributed by atoms with Gasteiger partial charge in [-0.2, -0.15) is 4.31 Å². The molecular weight excluding hydrogens is 442 g/mol. The first-order valence-electron chi connectivity index (χ1n) is 10.7. The first kappa shape index (κ1) is 24.1. The molecule has 3 rings (SSSR count). The molecule has 2 aromatic rings. The molecule has 0 spiro atoms. The van der Waals surface area contributed by atoms with E-state index in [1.54, 1.807) is 37.4 Å². The minimum absolute atomic E-state index is 0.0577. The molecule has 0 aliphatic heterocycles. The zero-order chi connectivity index (χ0) is 23.1. The van der Waals surface area contributed by atoms with Gasteiger partial charge in [-0.1, -0.05) is 49.1 Å². The van der Waals surface area contributed by atoms with Gasteiger partial charge in [0.05, 0.1) is 4.90 Å². The maximum Gasteiger partial charge on any atom is 0.250 e. The molecule has 6 nitrogen and oxygen atoms in total. The Morgan fingerprint density at radius 3 is 2.28 bits per heavy atom. The number of thiocarbonyl (C=S) groups is 1. The SMILES string of the molecule is Cc1ccc(/C=C/C(=O)NC(=S)Nc2ccc(S(=O)(=O)N(C)C3CCCCC3)cc2)cc1. The molecular formula is C24H29N3O3S2. The Morgan fingerprint density at radius 1 is 1.03 bits per heavy atom. The fourth-order valence-corrected chi connectivity index (χ4v) is 5.32. The van der Waals surface area contributed by atoms with Crippen molar-refractivity contribution in [2.24, 2.45) is 0 Å². The number of rotatable bonds is 6. The third-order valence-electron chi connectivity index (χ3n) is 5.62. The van der Waals surface area contributed by atoms with E-state index < -0.39 is 10.0 Å². The normalized spacial score (nSPS) is 15.1. The van der Waals surface area contributed by atoms with Crippen LogP contribution < -0.4 is 10.6 Å². The lowest BCUT2D eigenvalue weighted by Gasteiger charge is -2.30. The summed E-state index contributed by atoms with van der Waals surface area (Å²) >= 11 is 5.19. The van der Waals surface area contributed by atoms with Gasteiger partial charge in [0.15, 0.2) is 5.11 Å². The third kappa shape index (κ3) is 6.48. The molecule has 1 aliphatic carbocycles. The van der Waals surface area contributed by atoms with Crippen molar-refractivity contribution in [2.45, 2.75) is 50.0 Å². The van der Waals surface area contributed by atoms with Crippen LogP contribution in [0.1, 0.15) is 43.2 Å². The summed E-state index contributed by atoms with van der Waals surface area (Å²) in [4.78, 5) is 12.3. The smallest absolute Gasteiger partial charge is 0.250 e. The van der Waals surface area contributed by atoms with E-state index in [-0.39, 0.29) is 22.0 Å². The Labute approximate surface area is 195 Å². The second-order valence-electron chi connectivity index (χ2n) is 8.02. The highest BCUT2D eigenvalue weighted by Crippen LogP contribution is 2.27. The van der Waals surface area contributed by atoms with Crippen molar-refractivity contribution in [3.8, 4) is 0 Å². The van der Waals surface area contributed by atoms with Gasteiger partial charge in [0.25, 0.3) is 0 Å². The van der Waals surface area contributed by atoms with Crippen LogP contribution in [0.15, 0.2) is 59.5 Å². The van der Waals surface area contributed by atoms with Crippen molar-refractivity contribution in [1.82, 2.24) is 9.62 Å². The van der Waals surface area contributed by atoms with Crippen LogP contribution in [0.3, 0.4) is 0 Å². The quantitative estimate of drug-likeness (QED) is 0.480. The lowest BCUT2D eigenvalue weighted by atomic mass is 9.96. The number of amides is 1. The maximum absolute atomic E-state index is 12.9. The first-order valence-corrected chi connectivity index (χ1v) is 12.6. The monoisotopic (exact) mass is 471 g/mol. The molecule has 2 N–H and O–H groups in total. The van der Waals surface area contributed by atoms with Gasteiger partial charge in [0.1, 0.15) is 0 Å². The van der Waals surface area contributed by atoms with Crippen LogP contribution >= 0.6 is 12.2 Å². The number of hydrogen-bond donors (Lipinski definition) is 2. The summed E-state index contributed by atoms with van der Waals surface area (Å²) in [7, 11) is -1.89. The van der Waals surface area contributed by atoms with Crippen molar-refractivity contribution in [3.63, 3.8) is 0 Å². The fraction of sp³-hybridized carbons (Fsp3) is 0.333. The average Bonchev–Trinajstić information content (AvgIpc) is 2.79. The Bertz CT molecular complexity index is 1070. The molecule has 0 saturated heterocycles. The first-order chi connectivity index (χ1) is 15.3. The fourth-order valence-electron chi connectivity index (χ4n) is 3.68. The van der Waals surface area contributed by atoms with Gasteiger partial charge in [-0.3, -0.25) is 10.1 Å². The van der Waals surface area contributed by atoms with Crippen LogP contribution in [0.2, 0.25) is 0 Å². The summed E-state index contributed by atoms with van der Waals surface area (Å²) in [5.74, 6) is -0.351. The Kier molecular flexibility index (Phi) is 8.17. The molecule has 1 amide bonds. The van der Waals surface area contributed by atoms with E-state index >= 15 is 0 Å². The summed E-state index contributed by atoms with van der Waals surface area (Å²) in [6.45, 7) is 2.00. The van der Waals surface area contributed by atoms with Gasteiger partial charge in [0, 0.05) is 24.9 Å². The van der Waals surface area contributed by atoms with Crippen molar-refractivity contribution in [2.75, 3.05) is 12.4 Å². The van der Waals surface area contributed by atoms with Gasteiger partial charge in [-0.25, -0.2) is 8.42 Å². The Hall–Kier alpha value is -2.55. The van der Waals surface area contributed by atoms with Crippen molar-refractivity contribution in [1.29, 1.82) is 0 Å². The molecule has 0 atom stereocenters. The van der Waals surface area contributed by atoms with Crippen LogP contribution in [0.4, 0.5) is 5.69 Å². The van der Waals surface area contributed by atoms with E-state index in [9.17, 15) is 13.2 Å². The number of carbonyl (C=O) groups is 1. The number of benzene rings is 2. The van der Waals surface area contributed by atoms with Gasteiger partial charge in [0.2, 0.25) is 15.9 Å². The molecule has 1 aliphatic rings. The number of sulfonamides is 1. The highest BCUT2D eigenvalue weighted by atomic mass is 32.2. The van der Waals surface area contributed by atoms with E-state index in [0.29, 0.717) is 5.69 Å². The predicted molar refractivity (Wildman–Crippen MR) is 133 cm³/mol. The highest BCUT2D eigenvalue weighted by Gasteiger charge is 2.28. The highest BCUT2D eigenvalue weighted by molar-refractivity contribution is 7.89. The van der Waals surface area contributed by atoms with Crippen LogP contribution in [0.25, 0.3) is 6.08 Å². The summed E-state index contributed by atoms with van der Waals surface area (Å²) in [6, 6.07) is 14.2. The standard InChI is InChI=1S/C24H29N3O3S2/c1-18-8-10-19(11-9-18)12-17-23(28)26-24(31)25-20-13-15-22(16-14-20)32(29,30)27(2)21-6-4-3-5-7-21/h8-17,21H,3-7H2,1-2H3,(H2,25,26,28,31)/b17-12+. The molecule has 32 heavy (non-hydrogen) atoms. The van der Waals surface area contributed by atoms with Crippen LogP contribution in [0, 0.1) is 6.92 Å². The minimum Gasteiger partial charge on any atom is -0.332 e. The van der Waals surface area contributed by atoms with Crippen molar-refractivity contribution in [3.05, 3.63) is 65.7 Å². The van der Waals surface area contributed by atoms with Gasteiger partial charge < -0.3 is 5.32 Å². The van der Waals surface area contributed by atoms with Crippen LogP contribution in [-0.4, -0.2) is 36.8 Å². The molecule has 1 saturated carbocycles. The third-order valence-corrected chi connectivity index (χ3v) is 7.75. The number of aryl methyl sites for hydroxylation is 1. The topological polar surface area (TPSA) is 78.5 Å². The molecule has 2 aromatic carbocycles. The van der Waals surface area contributed by atoms with Gasteiger partial charge in [-0.15, -0.1) is 0 Å². The zero-order valence-corrected chi connectivity index (χ0v) is 20.0. The van der Waals surface area contributed by atoms with Crippen LogP contribution in [-0.2, 0) is 14.8 Å². The van der Waals surface area contributed by atoms with Crippen LogP contribution in [0.5, 0.6) is 0 Å². The summed E-state index contributed by atoms with van der Waals surface area (Å²) in [5, 5.41) is 5.63. The number of anilines is 1. The van der Waals surface area contributed by atoms with Crippen molar-refractivity contribution >= 4 is 45.0 Å². The number of nitrogens with zero attached hydrogens (tertiary/aromatic N) is 1. The molecule has 0 radical (unpaired) electrons. The van der Waals surface area contributed by atoms with E-state index in [1.165, 1.54) is 16.8 Å². The predicted octanol–water partition coefficient (Wildman–Crippen LogP) is 4.47. The maximum atomic E-state index is 12.9. The Morgan fingerprint density at radius 2 is 1.66 bits per heavy atom. The molecule has 8 heteroatoms. The second kappa shape index (κ2) is 10.8. The number of hydrogen-bond acceptors (Lipinski definition) is 4. The van der Waals surface area contributed by atoms with E-state index in [1.807, 2.05) is 31.2 Å². The van der Waals surface area contributed by atoms with Crippen molar-refractivity contribution < 1.29 is 13.2 Å². The lowest BCUT2D eigenvalue weighted by Crippen LogP contribution is -2.38. The summed E-state index contributed by atoms with van der Waals surface area (Å²) in [6.07, 6.45) is 8.23. The molecule has 170 valence electrons. The summed E-state index contributed by atoms with van der Waals surface area (Å²) < 4.78 is 27.4. The Balaban J connectivity index is 1.55. The molecule has 0 aromatic heterocycles. The molecule has 0 heterocycles. The van der Waals surface area contributed by atoms with Gasteiger partial charge in [-0.05, 0) is 67.9 Å². The minimum atomic E-state index is -3.55. The largest absolute Gasteiger partial charge is 0.332 e. The van der Waals surface area contributed by atoms with E-state index in [0.717, 1.165) is 36.8 Å². The van der Waals surface area contributed by atoms with E-state index in [2.05, 4.69) is 10.6 Å². The second-order valence-corrected chi connectivity index (χ2v) is 10.4. The van der Waals surface area contributed by atoms with Gasteiger partial charge >= 0.3 is 0 Å². The zero-order valence-electron chi connectivity index (χ0n) is 18.4. The molecule has 1 fully saturated rings. The average molecular weight is 472 g/mol. The number of nitrogens with one attached hydrogen (secondary N) is 2. The summed E-state index contributed by atoms with van der Waals surface area (Å²) in [5.41, 5.74) is 2.66. The van der Waals surface area contributed by atoms with E-state index in [4.69, 9.17) is 12.2 Å². The molecule has 0 bridgehead atoms. The lowest BCUT2D eigenvalue weighted by molar-refractivity contribution is -0.115.